The lowest BCUT2D eigenvalue weighted by Crippen LogP contribution is -2.25. The molecule has 0 aliphatic rings. The van der Waals surface area contributed by atoms with E-state index in [1.807, 2.05) is 18.2 Å². The van der Waals surface area contributed by atoms with Gasteiger partial charge in [0.1, 0.15) is 0 Å². The van der Waals surface area contributed by atoms with Gasteiger partial charge in [-0.1, -0.05) is 68.9 Å². The lowest BCUT2D eigenvalue weighted by molar-refractivity contribution is -0.0542. The maximum atomic E-state index is 12.0. The second-order valence-electron chi connectivity index (χ2n) is 5.79. The van der Waals surface area contributed by atoms with E-state index in [2.05, 4.69) is 16.3 Å². The van der Waals surface area contributed by atoms with Gasteiger partial charge in [0.05, 0.1) is 6.61 Å². The van der Waals surface area contributed by atoms with Crippen molar-refractivity contribution in [2.45, 2.75) is 63.3 Å². The van der Waals surface area contributed by atoms with Crippen molar-refractivity contribution < 1.29 is 25.8 Å². The average Bonchev–Trinajstić information content (AvgIpc) is 2.52. The molecular weight excluding hydrogens is 341 g/mol. The quantitative estimate of drug-likeness (QED) is 0.289. The van der Waals surface area contributed by atoms with Gasteiger partial charge in [-0.15, -0.1) is 0 Å². The summed E-state index contributed by atoms with van der Waals surface area (Å²) in [5.74, 6) is 0. The number of hydrogen-bond donors (Lipinski definition) is 0. The summed E-state index contributed by atoms with van der Waals surface area (Å²) in [5.41, 5.74) is -3.97. The Morgan fingerprint density at radius 2 is 1.29 bits per heavy atom. The molecule has 0 bridgehead atoms. The number of halogens is 3. The smallest absolute Gasteiger partial charge is 0.263 e. The first-order valence-corrected chi connectivity index (χ1v) is 9.73. The monoisotopic (exact) mass is 366 g/mol. The van der Waals surface area contributed by atoms with E-state index in [4.69, 9.17) is 0 Å². The molecular formula is C17H25F3O3S. The maximum Gasteiger partial charge on any atom is 0.523 e. The largest absolute Gasteiger partial charge is 0.523 e. The summed E-state index contributed by atoms with van der Waals surface area (Å²) in [5, 5.41) is 0. The van der Waals surface area contributed by atoms with Gasteiger partial charge in [0.25, 0.3) is 0 Å². The van der Waals surface area contributed by atoms with Crippen molar-refractivity contribution in [1.82, 2.24) is 0 Å². The van der Waals surface area contributed by atoms with Gasteiger partial charge in [-0.2, -0.15) is 21.6 Å². The predicted molar refractivity (Wildman–Crippen MR) is 88.0 cm³/mol. The van der Waals surface area contributed by atoms with Gasteiger partial charge in [-0.3, -0.25) is 4.18 Å². The molecule has 0 saturated heterocycles. The number of benzene rings is 1. The lowest BCUT2D eigenvalue weighted by atomic mass is 10.0. The van der Waals surface area contributed by atoms with Crippen LogP contribution in [0.3, 0.4) is 0 Å². The third-order valence-corrected chi connectivity index (χ3v) is 4.77. The zero-order chi connectivity index (χ0) is 17.9. The molecule has 138 valence electrons. The Hall–Kier alpha value is -1.08. The van der Waals surface area contributed by atoms with E-state index in [0.717, 1.165) is 38.5 Å². The molecule has 0 atom stereocenters. The fourth-order valence-corrected chi connectivity index (χ4v) is 2.84. The van der Waals surface area contributed by atoms with Gasteiger partial charge in [-0.05, 0) is 24.8 Å². The van der Waals surface area contributed by atoms with Crippen molar-refractivity contribution >= 4 is 10.1 Å². The third-order valence-electron chi connectivity index (χ3n) is 3.72. The molecule has 0 saturated carbocycles. The molecule has 3 nitrogen and oxygen atoms in total. The number of alkyl halides is 3. The highest BCUT2D eigenvalue weighted by atomic mass is 32.2. The molecule has 0 N–H and O–H groups in total. The third kappa shape index (κ3) is 8.68. The standard InChI is InChI=1S/C17H25F3O3S/c18-17(19,20)24(21,22)23-15-11-6-4-2-1-3-5-8-12-16-13-9-7-10-14-16/h7,9-10,13-14H,1-6,8,11-12,15H2. The zero-order valence-corrected chi connectivity index (χ0v) is 14.5. The van der Waals surface area contributed by atoms with Crippen LogP contribution in [0.25, 0.3) is 0 Å². The summed E-state index contributed by atoms with van der Waals surface area (Å²) in [7, 11) is -5.43. The van der Waals surface area contributed by atoms with Crippen molar-refractivity contribution in [2.75, 3.05) is 6.61 Å². The van der Waals surface area contributed by atoms with Crippen LogP contribution in [0.15, 0.2) is 30.3 Å². The van der Waals surface area contributed by atoms with Crippen molar-refractivity contribution in [3.63, 3.8) is 0 Å². The van der Waals surface area contributed by atoms with Crippen molar-refractivity contribution in [2.24, 2.45) is 0 Å². The first kappa shape index (κ1) is 21.0. The molecule has 24 heavy (non-hydrogen) atoms. The van der Waals surface area contributed by atoms with Crippen molar-refractivity contribution in [3.8, 4) is 0 Å². The molecule has 0 radical (unpaired) electrons. The van der Waals surface area contributed by atoms with Gasteiger partial charge in [0, 0.05) is 0 Å². The van der Waals surface area contributed by atoms with E-state index < -0.39 is 22.2 Å². The molecule has 0 unspecified atom stereocenters. The van der Waals surface area contributed by atoms with E-state index >= 15 is 0 Å². The predicted octanol–water partition coefficient (Wildman–Crippen LogP) is 5.22. The minimum Gasteiger partial charge on any atom is -0.263 e. The van der Waals surface area contributed by atoms with E-state index in [0.29, 0.717) is 12.8 Å². The molecule has 1 aromatic rings. The van der Waals surface area contributed by atoms with Gasteiger partial charge in [0.15, 0.2) is 0 Å². The Balaban J connectivity index is 1.91. The summed E-state index contributed by atoms with van der Waals surface area (Å²) in [6.07, 6.45) is 8.55. The zero-order valence-electron chi connectivity index (χ0n) is 13.7. The van der Waals surface area contributed by atoms with E-state index in [1.54, 1.807) is 0 Å². The SMILES string of the molecule is O=S(=O)(OCCCCCCCCCCc1ccccc1)C(F)(F)F. The number of rotatable bonds is 12. The van der Waals surface area contributed by atoms with Crippen LogP contribution in [0.4, 0.5) is 13.2 Å². The minimum atomic E-state index is -5.43. The molecule has 0 fully saturated rings. The first-order valence-electron chi connectivity index (χ1n) is 8.32. The van der Waals surface area contributed by atoms with Crippen LogP contribution in [0.2, 0.25) is 0 Å². The Morgan fingerprint density at radius 1 is 0.792 bits per heavy atom. The highest BCUT2D eigenvalue weighted by molar-refractivity contribution is 7.87. The Labute approximate surface area is 142 Å². The molecule has 0 heterocycles. The summed E-state index contributed by atoms with van der Waals surface area (Å²) >= 11 is 0. The van der Waals surface area contributed by atoms with E-state index in [9.17, 15) is 21.6 Å². The summed E-state index contributed by atoms with van der Waals surface area (Å²) < 4.78 is 61.2. The van der Waals surface area contributed by atoms with Gasteiger partial charge < -0.3 is 0 Å². The minimum absolute atomic E-state index is 0.323. The van der Waals surface area contributed by atoms with Crippen LogP contribution in [0.1, 0.15) is 56.9 Å². The fourth-order valence-electron chi connectivity index (χ4n) is 2.37. The van der Waals surface area contributed by atoms with Crippen LogP contribution in [-0.4, -0.2) is 20.5 Å². The van der Waals surface area contributed by atoms with Gasteiger partial charge in [0.2, 0.25) is 0 Å². The van der Waals surface area contributed by atoms with Crippen LogP contribution < -0.4 is 0 Å². The molecule has 1 rings (SSSR count). The number of aryl methyl sites for hydroxylation is 1. The maximum absolute atomic E-state index is 12.0. The van der Waals surface area contributed by atoms with Crippen molar-refractivity contribution in [3.05, 3.63) is 35.9 Å². The van der Waals surface area contributed by atoms with Gasteiger partial charge in [-0.25, -0.2) is 0 Å². The average molecular weight is 366 g/mol. The Kier molecular flexibility index (Phi) is 9.36. The topological polar surface area (TPSA) is 43.4 Å². The first-order chi connectivity index (χ1) is 11.3. The summed E-state index contributed by atoms with van der Waals surface area (Å²) in [4.78, 5) is 0. The number of unbranched alkanes of at least 4 members (excludes halogenated alkanes) is 7. The normalized spacial score (nSPS) is 12.5. The fraction of sp³-hybridized carbons (Fsp3) is 0.647. The Morgan fingerprint density at radius 3 is 1.83 bits per heavy atom. The molecule has 0 aliphatic carbocycles. The second kappa shape index (κ2) is 10.7. The van der Waals surface area contributed by atoms with Gasteiger partial charge >= 0.3 is 15.6 Å². The lowest BCUT2D eigenvalue weighted by Gasteiger charge is -2.08. The number of hydrogen-bond acceptors (Lipinski definition) is 3. The molecule has 7 heteroatoms. The van der Waals surface area contributed by atoms with Crippen molar-refractivity contribution in [1.29, 1.82) is 0 Å². The summed E-state index contributed by atoms with van der Waals surface area (Å²) in [6.45, 7) is -0.404. The highest BCUT2D eigenvalue weighted by Gasteiger charge is 2.47. The Bertz CT molecular complexity index is 542. The summed E-state index contributed by atoms with van der Waals surface area (Å²) in [6, 6.07) is 10.3. The molecule has 0 aromatic heterocycles. The molecule has 0 spiro atoms. The van der Waals surface area contributed by atoms with Crippen LogP contribution in [0, 0.1) is 0 Å². The molecule has 0 aliphatic heterocycles. The van der Waals surface area contributed by atoms with E-state index in [1.165, 1.54) is 12.0 Å². The van der Waals surface area contributed by atoms with Crippen LogP contribution in [0.5, 0.6) is 0 Å². The second-order valence-corrected chi connectivity index (χ2v) is 7.39. The van der Waals surface area contributed by atoms with E-state index in [-0.39, 0.29) is 0 Å². The highest BCUT2D eigenvalue weighted by Crippen LogP contribution is 2.24. The van der Waals surface area contributed by atoms with Crippen LogP contribution in [-0.2, 0) is 20.7 Å². The molecule has 1 aromatic carbocycles. The molecule has 0 amide bonds. The van der Waals surface area contributed by atoms with Crippen LogP contribution >= 0.6 is 0 Å².